The van der Waals surface area contributed by atoms with Gasteiger partial charge in [-0.05, 0) is 57.7 Å². The predicted molar refractivity (Wildman–Crippen MR) is 93.6 cm³/mol. The maximum atomic E-state index is 4.67. The van der Waals surface area contributed by atoms with Crippen LogP contribution in [0.4, 0.5) is 5.82 Å². The van der Waals surface area contributed by atoms with Gasteiger partial charge in [0.15, 0.2) is 5.82 Å². The molecule has 0 amide bonds. The lowest BCUT2D eigenvalue weighted by atomic mass is 10.1. The van der Waals surface area contributed by atoms with Crippen molar-refractivity contribution in [1.29, 1.82) is 0 Å². The van der Waals surface area contributed by atoms with Gasteiger partial charge < -0.3 is 5.32 Å². The van der Waals surface area contributed by atoms with Gasteiger partial charge in [-0.2, -0.15) is 0 Å². The first kappa shape index (κ1) is 16.4. The van der Waals surface area contributed by atoms with Crippen molar-refractivity contribution < 1.29 is 0 Å². The summed E-state index contributed by atoms with van der Waals surface area (Å²) in [4.78, 5) is 13.7. The number of nitrogens with zero attached hydrogens (tertiary/aromatic N) is 3. The van der Waals surface area contributed by atoms with E-state index in [1.165, 1.54) is 5.56 Å². The van der Waals surface area contributed by atoms with Crippen LogP contribution in [0.5, 0.6) is 0 Å². The fourth-order valence-corrected chi connectivity index (χ4v) is 3.26. The maximum Gasteiger partial charge on any atom is 0.181 e. The molecule has 0 fully saturated rings. The second-order valence-corrected chi connectivity index (χ2v) is 6.49. The van der Waals surface area contributed by atoms with Gasteiger partial charge in [-0.25, -0.2) is 9.97 Å². The van der Waals surface area contributed by atoms with Crippen LogP contribution in [-0.2, 0) is 6.42 Å². The van der Waals surface area contributed by atoms with E-state index in [4.69, 9.17) is 0 Å². The van der Waals surface area contributed by atoms with Crippen molar-refractivity contribution in [2.75, 3.05) is 11.9 Å². The third-order valence-electron chi connectivity index (χ3n) is 3.13. The second kappa shape index (κ2) is 7.31. The van der Waals surface area contributed by atoms with Crippen LogP contribution >= 0.6 is 31.9 Å². The Morgan fingerprint density at radius 2 is 1.95 bits per heavy atom. The molecule has 112 valence electrons. The number of hydrogen-bond donors (Lipinski definition) is 1. The van der Waals surface area contributed by atoms with Crippen molar-refractivity contribution in [3.8, 4) is 11.5 Å². The molecule has 0 radical (unpaired) electrons. The molecule has 0 unspecified atom stereocenters. The third-order valence-corrected chi connectivity index (χ3v) is 4.17. The molecule has 0 aliphatic carbocycles. The van der Waals surface area contributed by atoms with E-state index in [0.717, 1.165) is 45.5 Å². The van der Waals surface area contributed by atoms with Crippen molar-refractivity contribution in [3.05, 3.63) is 32.5 Å². The standard InChI is InChI=1S/C15H18Br2N4/c1-4-6-18-14-11(5-2)9(3)20-15(21-14)13-12(17)7-10(16)8-19-13/h7-8H,4-6H2,1-3H3,(H,18,20,21). The molecule has 0 atom stereocenters. The maximum absolute atomic E-state index is 4.67. The molecule has 0 aromatic carbocycles. The quantitative estimate of drug-likeness (QED) is 0.767. The van der Waals surface area contributed by atoms with E-state index in [1.54, 1.807) is 6.20 Å². The molecule has 0 aliphatic heterocycles. The van der Waals surface area contributed by atoms with Gasteiger partial charge in [0.25, 0.3) is 0 Å². The zero-order valence-electron chi connectivity index (χ0n) is 12.4. The molecule has 0 bridgehead atoms. The van der Waals surface area contributed by atoms with Crippen molar-refractivity contribution in [3.63, 3.8) is 0 Å². The van der Waals surface area contributed by atoms with Crippen molar-refractivity contribution in [2.24, 2.45) is 0 Å². The molecule has 0 saturated heterocycles. The predicted octanol–water partition coefficient (Wildman–Crippen LogP) is 4.76. The topological polar surface area (TPSA) is 50.7 Å². The largest absolute Gasteiger partial charge is 0.370 e. The highest BCUT2D eigenvalue weighted by Crippen LogP contribution is 2.28. The van der Waals surface area contributed by atoms with Gasteiger partial charge in [0.1, 0.15) is 11.5 Å². The van der Waals surface area contributed by atoms with E-state index in [1.807, 2.05) is 13.0 Å². The van der Waals surface area contributed by atoms with Gasteiger partial charge in [-0.1, -0.05) is 13.8 Å². The van der Waals surface area contributed by atoms with Gasteiger partial charge in [0, 0.05) is 32.9 Å². The Balaban J connectivity index is 2.51. The second-order valence-electron chi connectivity index (χ2n) is 4.72. The van der Waals surface area contributed by atoms with E-state index in [-0.39, 0.29) is 0 Å². The number of aryl methyl sites for hydroxylation is 1. The number of aromatic nitrogens is 3. The van der Waals surface area contributed by atoms with Gasteiger partial charge in [-0.3, -0.25) is 4.98 Å². The highest BCUT2D eigenvalue weighted by molar-refractivity contribution is 9.11. The lowest BCUT2D eigenvalue weighted by Gasteiger charge is -2.13. The third kappa shape index (κ3) is 3.80. The Hall–Kier alpha value is -1.01. The minimum absolute atomic E-state index is 0.641. The van der Waals surface area contributed by atoms with E-state index in [9.17, 15) is 0 Å². The fraction of sp³-hybridized carbons (Fsp3) is 0.400. The molecule has 0 aliphatic rings. The average Bonchev–Trinajstić information content (AvgIpc) is 2.44. The van der Waals surface area contributed by atoms with E-state index < -0.39 is 0 Å². The summed E-state index contributed by atoms with van der Waals surface area (Å²) in [6, 6.07) is 1.95. The molecule has 2 aromatic rings. The summed E-state index contributed by atoms with van der Waals surface area (Å²) in [6.07, 6.45) is 3.72. The molecule has 2 heterocycles. The van der Waals surface area contributed by atoms with Crippen LogP contribution in [0.1, 0.15) is 31.5 Å². The van der Waals surface area contributed by atoms with Gasteiger partial charge in [-0.15, -0.1) is 0 Å². The minimum Gasteiger partial charge on any atom is -0.370 e. The van der Waals surface area contributed by atoms with Gasteiger partial charge >= 0.3 is 0 Å². The summed E-state index contributed by atoms with van der Waals surface area (Å²) in [5.74, 6) is 1.56. The van der Waals surface area contributed by atoms with Crippen molar-refractivity contribution >= 4 is 37.7 Å². The Morgan fingerprint density at radius 1 is 1.19 bits per heavy atom. The average molecular weight is 414 g/mol. The molecule has 2 rings (SSSR count). The zero-order valence-corrected chi connectivity index (χ0v) is 15.5. The summed E-state index contributed by atoms with van der Waals surface area (Å²) in [7, 11) is 0. The molecule has 6 heteroatoms. The minimum atomic E-state index is 0.641. The first-order valence-electron chi connectivity index (χ1n) is 6.99. The van der Waals surface area contributed by atoms with Crippen LogP contribution < -0.4 is 5.32 Å². The number of nitrogens with one attached hydrogen (secondary N) is 1. The van der Waals surface area contributed by atoms with Crippen molar-refractivity contribution in [2.45, 2.75) is 33.6 Å². The van der Waals surface area contributed by atoms with Crippen molar-refractivity contribution in [1.82, 2.24) is 15.0 Å². The van der Waals surface area contributed by atoms with E-state index in [2.05, 4.69) is 66.0 Å². The van der Waals surface area contributed by atoms with E-state index in [0.29, 0.717) is 5.82 Å². The smallest absolute Gasteiger partial charge is 0.181 e. The Bertz CT molecular complexity index is 644. The Kier molecular flexibility index (Phi) is 5.70. The van der Waals surface area contributed by atoms with Crippen LogP contribution in [0.3, 0.4) is 0 Å². The molecular weight excluding hydrogens is 396 g/mol. The molecular formula is C15H18Br2N4. The molecule has 0 saturated carbocycles. The van der Waals surface area contributed by atoms with Crippen LogP contribution in [-0.4, -0.2) is 21.5 Å². The highest BCUT2D eigenvalue weighted by Gasteiger charge is 2.14. The number of rotatable bonds is 5. The number of halogens is 2. The summed E-state index contributed by atoms with van der Waals surface area (Å²) in [5, 5.41) is 3.39. The summed E-state index contributed by atoms with van der Waals surface area (Å²) in [5.41, 5.74) is 2.92. The van der Waals surface area contributed by atoms with Crippen LogP contribution in [0.2, 0.25) is 0 Å². The van der Waals surface area contributed by atoms with Crippen LogP contribution in [0, 0.1) is 6.92 Å². The molecule has 4 nitrogen and oxygen atoms in total. The Labute approximate surface area is 142 Å². The SMILES string of the molecule is CCCNc1nc(-c2ncc(Br)cc2Br)nc(C)c1CC. The summed E-state index contributed by atoms with van der Waals surface area (Å²) >= 11 is 6.94. The summed E-state index contributed by atoms with van der Waals surface area (Å²) in [6.45, 7) is 7.18. The lowest BCUT2D eigenvalue weighted by Crippen LogP contribution is -2.09. The molecule has 21 heavy (non-hydrogen) atoms. The lowest BCUT2D eigenvalue weighted by molar-refractivity contribution is 0.936. The number of pyridine rings is 1. The number of anilines is 1. The first-order chi connectivity index (χ1) is 10.1. The van der Waals surface area contributed by atoms with E-state index >= 15 is 0 Å². The molecule has 2 aromatic heterocycles. The van der Waals surface area contributed by atoms with Crippen LogP contribution in [0.15, 0.2) is 21.2 Å². The van der Waals surface area contributed by atoms with Gasteiger partial charge in [0.05, 0.1) is 0 Å². The Morgan fingerprint density at radius 3 is 2.57 bits per heavy atom. The van der Waals surface area contributed by atoms with Gasteiger partial charge in [0.2, 0.25) is 0 Å². The normalized spacial score (nSPS) is 10.7. The van der Waals surface area contributed by atoms with Crippen LogP contribution in [0.25, 0.3) is 11.5 Å². The molecule has 1 N–H and O–H groups in total. The zero-order chi connectivity index (χ0) is 15.4. The molecule has 0 spiro atoms. The first-order valence-corrected chi connectivity index (χ1v) is 8.58. The highest BCUT2D eigenvalue weighted by atomic mass is 79.9. The summed E-state index contributed by atoms with van der Waals surface area (Å²) < 4.78 is 1.80. The monoisotopic (exact) mass is 412 g/mol. The fourth-order valence-electron chi connectivity index (χ4n) is 2.09. The number of hydrogen-bond acceptors (Lipinski definition) is 4.